The number of amides is 2. The van der Waals surface area contributed by atoms with Gasteiger partial charge in [-0.15, -0.1) is 0 Å². The molecule has 1 aromatic rings. The van der Waals surface area contributed by atoms with E-state index in [1.807, 2.05) is 4.90 Å². The number of aliphatic hydroxyl groups is 3. The summed E-state index contributed by atoms with van der Waals surface area (Å²) in [6.07, 6.45) is 0.162. The van der Waals surface area contributed by atoms with Crippen LogP contribution in [0.2, 0.25) is 0 Å². The second-order valence-electron chi connectivity index (χ2n) is 11.4. The minimum atomic E-state index is -2.71. The summed E-state index contributed by atoms with van der Waals surface area (Å²) in [5.41, 5.74) is 1.94. The van der Waals surface area contributed by atoms with Gasteiger partial charge in [0.1, 0.15) is 22.8 Å². The molecular formula is C28H35N5O8S. The molecule has 5 rings (SSSR count). The summed E-state index contributed by atoms with van der Waals surface area (Å²) in [5, 5.41) is 51.2. The zero-order valence-corrected chi connectivity index (χ0v) is 24.1. The number of thiol groups is 1. The van der Waals surface area contributed by atoms with E-state index in [4.69, 9.17) is 5.73 Å². The molecule has 3 unspecified atom stereocenters. The summed E-state index contributed by atoms with van der Waals surface area (Å²) in [6, 6.07) is 1.42. The Labute approximate surface area is 247 Å². The fraction of sp³-hybridized carbons (Fsp3) is 0.500. The lowest BCUT2D eigenvalue weighted by Crippen LogP contribution is -2.65. The highest BCUT2D eigenvalue weighted by molar-refractivity contribution is 7.80. The molecule has 13 nitrogen and oxygen atoms in total. The maximum atomic E-state index is 14.0. The van der Waals surface area contributed by atoms with Crippen molar-refractivity contribution in [2.75, 3.05) is 51.3 Å². The van der Waals surface area contributed by atoms with Crippen LogP contribution in [0.3, 0.4) is 0 Å². The second-order valence-corrected chi connectivity index (χ2v) is 11.8. The van der Waals surface area contributed by atoms with Gasteiger partial charge in [0.05, 0.1) is 23.3 Å². The van der Waals surface area contributed by atoms with E-state index in [0.29, 0.717) is 18.7 Å². The minimum absolute atomic E-state index is 0.000667. The summed E-state index contributed by atoms with van der Waals surface area (Å²) in [4.78, 5) is 55.8. The number of carbonyl (C=O) groups is 4. The average Bonchev–Trinajstić information content (AvgIpc) is 2.93. The molecule has 5 atom stereocenters. The van der Waals surface area contributed by atoms with Crippen LogP contribution in [0.1, 0.15) is 17.5 Å². The average molecular weight is 602 g/mol. The zero-order valence-electron chi connectivity index (χ0n) is 23.3. The highest BCUT2D eigenvalue weighted by Gasteiger charge is 2.64. The first-order valence-electron chi connectivity index (χ1n) is 13.7. The van der Waals surface area contributed by atoms with E-state index in [0.717, 1.165) is 13.1 Å². The molecule has 8 N–H and O–H groups in total. The van der Waals surface area contributed by atoms with Crippen LogP contribution in [0, 0.1) is 11.8 Å². The lowest BCUT2D eigenvalue weighted by atomic mass is 9.57. The number of ketones is 2. The van der Waals surface area contributed by atoms with Crippen molar-refractivity contribution in [2.45, 2.75) is 30.5 Å². The first kappa shape index (κ1) is 30.0. The maximum absolute atomic E-state index is 14.0. The van der Waals surface area contributed by atoms with Gasteiger partial charge in [0.2, 0.25) is 11.7 Å². The molecule has 1 heterocycles. The van der Waals surface area contributed by atoms with Gasteiger partial charge in [0, 0.05) is 43.4 Å². The molecule has 1 saturated heterocycles. The number of anilines is 1. The highest BCUT2D eigenvalue weighted by Crippen LogP contribution is 2.53. The third-order valence-corrected chi connectivity index (χ3v) is 9.26. The topological polar surface area (TPSA) is 206 Å². The largest absolute Gasteiger partial charge is 0.508 e. The first-order valence-corrected chi connectivity index (χ1v) is 14.3. The summed E-state index contributed by atoms with van der Waals surface area (Å²) in [7, 11) is 3.09. The Bertz CT molecular complexity index is 1440. The van der Waals surface area contributed by atoms with Crippen molar-refractivity contribution in [3.8, 4) is 5.75 Å². The van der Waals surface area contributed by atoms with Gasteiger partial charge in [-0.1, -0.05) is 6.07 Å². The lowest BCUT2D eigenvalue weighted by Gasteiger charge is -2.50. The van der Waals surface area contributed by atoms with E-state index < -0.39 is 75.7 Å². The molecule has 3 aliphatic carbocycles. The molecule has 42 heavy (non-hydrogen) atoms. The molecular weight excluding hydrogens is 566 g/mol. The Morgan fingerprint density at radius 3 is 2.48 bits per heavy atom. The summed E-state index contributed by atoms with van der Waals surface area (Å²) < 4.78 is 0. The van der Waals surface area contributed by atoms with E-state index in [-0.39, 0.29) is 35.4 Å². The number of hydrogen-bond donors (Lipinski definition) is 8. The molecule has 1 aromatic carbocycles. The number of nitrogens with two attached hydrogens (primary N) is 1. The van der Waals surface area contributed by atoms with Crippen molar-refractivity contribution < 1.29 is 39.6 Å². The lowest BCUT2D eigenvalue weighted by molar-refractivity contribution is -0.153. The number of nitrogens with zero attached hydrogens (tertiary/aromatic N) is 2. The van der Waals surface area contributed by atoms with Crippen LogP contribution < -0.4 is 16.4 Å². The van der Waals surface area contributed by atoms with Crippen LogP contribution in [-0.4, -0.2) is 117 Å². The number of primary amides is 1. The van der Waals surface area contributed by atoms with Gasteiger partial charge in [0.25, 0.3) is 5.91 Å². The van der Waals surface area contributed by atoms with E-state index >= 15 is 0 Å². The van der Waals surface area contributed by atoms with E-state index in [9.17, 15) is 39.6 Å². The van der Waals surface area contributed by atoms with Crippen LogP contribution in [0.15, 0.2) is 29.0 Å². The zero-order chi connectivity index (χ0) is 30.7. The molecule has 0 spiro atoms. The molecule has 1 aliphatic heterocycles. The summed E-state index contributed by atoms with van der Waals surface area (Å²) >= 11 is 4.34. The van der Waals surface area contributed by atoms with E-state index in [2.05, 4.69) is 23.3 Å². The van der Waals surface area contributed by atoms with Gasteiger partial charge in [0.15, 0.2) is 11.4 Å². The van der Waals surface area contributed by atoms with Crippen molar-refractivity contribution in [3.05, 3.63) is 40.2 Å². The van der Waals surface area contributed by atoms with Gasteiger partial charge < -0.3 is 36.8 Å². The van der Waals surface area contributed by atoms with E-state index in [1.165, 1.54) is 11.0 Å². The predicted octanol–water partition coefficient (Wildman–Crippen LogP) is -0.894. The molecule has 4 aliphatic rings. The van der Waals surface area contributed by atoms with Crippen LogP contribution >= 0.6 is 12.6 Å². The van der Waals surface area contributed by atoms with Crippen molar-refractivity contribution in [2.24, 2.45) is 17.6 Å². The first-order chi connectivity index (χ1) is 19.8. The molecule has 226 valence electrons. The SMILES string of the molecule is CN(C)[C@@H]1C(=O)C(C(N)=O)=C(O)[C@@]2(O)C(=O)C3=C(O)c4c(ccc(NC(=O)C(CS)N5CCNCC5)c4O)CC3CC12. The fourth-order valence-electron chi connectivity index (χ4n) is 6.89. The van der Waals surface area contributed by atoms with Gasteiger partial charge in [-0.05, 0) is 44.5 Å². The Balaban J connectivity index is 1.55. The van der Waals surface area contributed by atoms with Gasteiger partial charge in [-0.25, -0.2) is 0 Å². The summed E-state index contributed by atoms with van der Waals surface area (Å²) in [5.74, 6) is -7.40. The molecule has 14 heteroatoms. The number of Topliss-reactive ketones (excluding diaryl/α,β-unsaturated/α-hetero) is 2. The number of aromatic hydroxyl groups is 1. The molecule has 0 aromatic heterocycles. The van der Waals surface area contributed by atoms with Gasteiger partial charge >= 0.3 is 0 Å². The Kier molecular flexibility index (Phi) is 7.87. The quantitative estimate of drug-likeness (QED) is 0.114. The number of hydrogen-bond acceptors (Lipinski definition) is 12. The second kappa shape index (κ2) is 11.0. The number of nitrogens with one attached hydrogen (secondary N) is 2. The predicted molar refractivity (Wildman–Crippen MR) is 155 cm³/mol. The highest BCUT2D eigenvalue weighted by atomic mass is 32.1. The number of phenols is 1. The minimum Gasteiger partial charge on any atom is -0.508 e. The number of aliphatic hydroxyl groups excluding tert-OH is 2. The number of rotatable bonds is 6. The van der Waals surface area contributed by atoms with Crippen molar-refractivity contribution in [1.82, 2.24) is 15.1 Å². The molecule has 0 bridgehead atoms. The van der Waals surface area contributed by atoms with Gasteiger partial charge in [-0.3, -0.25) is 29.0 Å². The number of piperazine rings is 1. The van der Waals surface area contributed by atoms with Gasteiger partial charge in [-0.2, -0.15) is 12.6 Å². The van der Waals surface area contributed by atoms with E-state index in [1.54, 1.807) is 20.2 Å². The standard InChI is InChI=1S/C28H35N5O8S/c1-32(2)20-14-10-13-9-12-3-4-15(31-27(40)16(11-42)33-7-5-30-6-8-33)21(34)17(12)22(35)18(13)24(37)28(14,41)25(38)19(23(20)36)26(29)39/h3-4,13-14,16,20,30,34-35,38,41-42H,5-11H2,1-2H3,(H2,29,39)(H,31,40)/t13?,14?,16?,20-,28-/m0/s1. The smallest absolute Gasteiger partial charge is 0.255 e. The Morgan fingerprint density at radius 1 is 1.21 bits per heavy atom. The third kappa shape index (κ3) is 4.48. The number of likely N-dealkylation sites (N-methyl/N-ethyl adjacent to an activating group) is 1. The molecule has 2 fully saturated rings. The van der Waals surface area contributed by atoms with Crippen LogP contribution in [-0.2, 0) is 25.6 Å². The number of benzene rings is 1. The number of phenolic OH excluding ortho intramolecular Hbond substituents is 1. The third-order valence-electron chi connectivity index (χ3n) is 8.92. The van der Waals surface area contributed by atoms with Crippen molar-refractivity contribution >= 4 is 47.5 Å². The van der Waals surface area contributed by atoms with Crippen molar-refractivity contribution in [1.29, 1.82) is 0 Å². The fourth-order valence-corrected chi connectivity index (χ4v) is 7.29. The van der Waals surface area contributed by atoms with Crippen LogP contribution in [0.25, 0.3) is 5.76 Å². The summed E-state index contributed by atoms with van der Waals surface area (Å²) in [6.45, 7) is 2.74. The molecule has 2 amide bonds. The number of carbonyl (C=O) groups excluding carboxylic acids is 4. The molecule has 1 saturated carbocycles. The van der Waals surface area contributed by atoms with Crippen LogP contribution in [0.4, 0.5) is 5.69 Å². The van der Waals surface area contributed by atoms with Crippen molar-refractivity contribution in [3.63, 3.8) is 0 Å². The number of fused-ring (bicyclic) bond motifs is 3. The monoisotopic (exact) mass is 601 g/mol. The molecule has 0 radical (unpaired) electrons. The normalized spacial score (nSPS) is 28.7. The Hall–Kier alpha value is -3.43. The maximum Gasteiger partial charge on any atom is 0.255 e. The van der Waals surface area contributed by atoms with Crippen LogP contribution in [0.5, 0.6) is 5.75 Å². The Morgan fingerprint density at radius 2 is 1.88 bits per heavy atom.